The third-order valence-corrected chi connectivity index (χ3v) is 3.83. The number of quaternary nitrogens is 1. The van der Waals surface area contributed by atoms with E-state index in [0.717, 1.165) is 31.1 Å². The summed E-state index contributed by atoms with van der Waals surface area (Å²) in [6.45, 7) is 10.9. The fourth-order valence-corrected chi connectivity index (χ4v) is 2.49. The van der Waals surface area contributed by atoms with Crippen LogP contribution in [0.15, 0.2) is 24.9 Å². The molecule has 2 aliphatic heterocycles. The van der Waals surface area contributed by atoms with Gasteiger partial charge in [0.15, 0.2) is 5.92 Å². The van der Waals surface area contributed by atoms with E-state index in [9.17, 15) is 14.4 Å². The van der Waals surface area contributed by atoms with Crippen LogP contribution in [-0.4, -0.2) is 67.5 Å². The van der Waals surface area contributed by atoms with Crippen molar-refractivity contribution in [2.24, 2.45) is 5.92 Å². The summed E-state index contributed by atoms with van der Waals surface area (Å²) in [7, 11) is 2.11. The van der Waals surface area contributed by atoms with Crippen molar-refractivity contribution in [3.05, 3.63) is 24.9 Å². The van der Waals surface area contributed by atoms with Gasteiger partial charge in [0.1, 0.15) is 0 Å². The summed E-state index contributed by atoms with van der Waals surface area (Å²) in [5.74, 6) is -2.33. The van der Waals surface area contributed by atoms with Gasteiger partial charge in [0.25, 0.3) is 0 Å². The molecule has 0 bridgehead atoms. The molecule has 120 valence electrons. The quantitative estimate of drug-likeness (QED) is 0.393. The molecule has 2 saturated heterocycles. The zero-order valence-corrected chi connectivity index (χ0v) is 12.7. The minimum atomic E-state index is -1.11. The molecular formula is C14H22N5O3+. The summed E-state index contributed by atoms with van der Waals surface area (Å²) in [4.78, 5) is 38.4. The second-order valence-electron chi connectivity index (χ2n) is 5.55. The number of piperazine rings is 1. The fraction of sp³-hybridized carbons (Fsp3) is 0.500. The van der Waals surface area contributed by atoms with Gasteiger partial charge >= 0.3 is 6.03 Å². The van der Waals surface area contributed by atoms with E-state index in [2.05, 4.69) is 30.9 Å². The molecule has 0 spiro atoms. The van der Waals surface area contributed by atoms with Crippen molar-refractivity contribution in [3.8, 4) is 0 Å². The molecule has 0 aromatic rings. The van der Waals surface area contributed by atoms with E-state index in [-0.39, 0.29) is 12.2 Å². The first-order valence-electron chi connectivity index (χ1n) is 7.23. The molecule has 3 N–H and O–H groups in total. The van der Waals surface area contributed by atoms with E-state index in [1.54, 1.807) is 0 Å². The predicted molar refractivity (Wildman–Crippen MR) is 79.4 cm³/mol. The molecule has 22 heavy (non-hydrogen) atoms. The number of hydrazine groups is 1. The molecule has 8 heteroatoms. The maximum atomic E-state index is 12.3. The average molecular weight is 308 g/mol. The topological polar surface area (TPSA) is 86.2 Å². The van der Waals surface area contributed by atoms with Gasteiger partial charge in [-0.1, -0.05) is 12.7 Å². The Balaban J connectivity index is 2.03. The van der Waals surface area contributed by atoms with Crippen LogP contribution in [0.4, 0.5) is 4.79 Å². The number of nitrogens with one attached hydrogen (secondary N) is 3. The van der Waals surface area contributed by atoms with Crippen LogP contribution in [0, 0.1) is 5.92 Å². The van der Waals surface area contributed by atoms with Crippen molar-refractivity contribution in [1.82, 2.24) is 20.7 Å². The first-order valence-corrected chi connectivity index (χ1v) is 7.23. The van der Waals surface area contributed by atoms with E-state index in [4.69, 9.17) is 0 Å². The number of amides is 4. The van der Waals surface area contributed by atoms with Gasteiger partial charge in [0, 0.05) is 12.2 Å². The van der Waals surface area contributed by atoms with E-state index < -0.39 is 23.8 Å². The van der Waals surface area contributed by atoms with E-state index in [1.807, 2.05) is 5.01 Å². The molecule has 0 aromatic heterocycles. The van der Waals surface area contributed by atoms with Gasteiger partial charge in [-0.2, -0.15) is 0 Å². The third kappa shape index (κ3) is 3.34. The van der Waals surface area contributed by atoms with Gasteiger partial charge in [-0.3, -0.25) is 19.8 Å². The molecule has 0 saturated carbocycles. The number of imide groups is 2. The van der Waals surface area contributed by atoms with Gasteiger partial charge in [-0.15, -0.1) is 6.58 Å². The molecule has 0 aromatic carbocycles. The van der Waals surface area contributed by atoms with Crippen LogP contribution in [0.2, 0.25) is 0 Å². The van der Waals surface area contributed by atoms with Gasteiger partial charge in [0.2, 0.25) is 11.8 Å². The Morgan fingerprint density at radius 1 is 1.41 bits per heavy atom. The summed E-state index contributed by atoms with van der Waals surface area (Å²) in [6.07, 6.45) is 1.43. The number of hydrogen-bond donors (Lipinski definition) is 3. The highest BCUT2D eigenvalue weighted by Crippen LogP contribution is 2.16. The van der Waals surface area contributed by atoms with Gasteiger partial charge in [-0.25, -0.2) is 9.80 Å². The molecule has 2 heterocycles. The zero-order valence-electron chi connectivity index (χ0n) is 12.7. The lowest BCUT2D eigenvalue weighted by Crippen LogP contribution is -3.12. The van der Waals surface area contributed by atoms with Crippen molar-refractivity contribution in [1.29, 1.82) is 0 Å². The van der Waals surface area contributed by atoms with E-state index >= 15 is 0 Å². The Labute approximate surface area is 129 Å². The molecule has 4 amide bonds. The molecule has 1 atom stereocenters. The Morgan fingerprint density at radius 3 is 2.64 bits per heavy atom. The molecule has 0 unspecified atom stereocenters. The minimum absolute atomic E-state index is 0.0552. The number of nitrogens with zero attached hydrogens (tertiary/aromatic N) is 2. The van der Waals surface area contributed by atoms with Gasteiger partial charge in [-0.05, 0) is 0 Å². The Hall–Kier alpha value is -2.19. The summed E-state index contributed by atoms with van der Waals surface area (Å²) < 4.78 is 0. The van der Waals surface area contributed by atoms with Gasteiger partial charge < -0.3 is 10.3 Å². The van der Waals surface area contributed by atoms with Crippen LogP contribution in [0.25, 0.3) is 0 Å². The van der Waals surface area contributed by atoms with Crippen LogP contribution in [0.3, 0.4) is 0 Å². The molecule has 2 fully saturated rings. The highest BCUT2D eigenvalue weighted by molar-refractivity contribution is 6.17. The maximum absolute atomic E-state index is 12.3. The molecular weight excluding hydrogens is 286 g/mol. The number of urea groups is 1. The Bertz CT molecular complexity index is 511. The van der Waals surface area contributed by atoms with Crippen molar-refractivity contribution in [2.75, 3.05) is 39.8 Å². The molecule has 2 aliphatic rings. The number of barbiturate groups is 1. The molecule has 2 rings (SSSR count). The van der Waals surface area contributed by atoms with Crippen LogP contribution >= 0.6 is 0 Å². The maximum Gasteiger partial charge on any atom is 0.331 e. The van der Waals surface area contributed by atoms with E-state index in [1.165, 1.54) is 11.0 Å². The van der Waals surface area contributed by atoms with Crippen molar-refractivity contribution in [2.45, 2.75) is 0 Å². The monoisotopic (exact) mass is 308 g/mol. The van der Waals surface area contributed by atoms with Crippen molar-refractivity contribution in [3.63, 3.8) is 0 Å². The number of carbonyl (C=O) groups is 3. The first-order chi connectivity index (χ1) is 10.4. The highest BCUT2D eigenvalue weighted by atomic mass is 16.2. The van der Waals surface area contributed by atoms with Crippen molar-refractivity contribution >= 4 is 17.8 Å². The molecule has 8 nitrogen and oxygen atoms in total. The standard InChI is InChI=1S/C14H21N5O3/c1-4-5-19-13(21)11(12(20)15-14(19)22)10(2)16-18-8-6-17(3)7-9-18/h4,11,16H,1-2,5-9H2,3H3,(H,15,20,22)/p+1/t11-/m0/s1. The highest BCUT2D eigenvalue weighted by Gasteiger charge is 2.42. The molecule has 0 aliphatic carbocycles. The first kappa shape index (κ1) is 16.2. The lowest BCUT2D eigenvalue weighted by molar-refractivity contribution is -0.884. The fourth-order valence-electron chi connectivity index (χ4n) is 2.49. The van der Waals surface area contributed by atoms with Gasteiger partial charge in [0.05, 0.1) is 33.2 Å². The summed E-state index contributed by atoms with van der Waals surface area (Å²) in [6, 6.07) is -0.720. The van der Waals surface area contributed by atoms with Crippen LogP contribution in [0.5, 0.6) is 0 Å². The summed E-state index contributed by atoms with van der Waals surface area (Å²) >= 11 is 0. The SMILES string of the molecule is C=CCN1C(=O)NC(=O)[C@H](C(=C)NN2CC[NH+](C)CC2)C1=O. The van der Waals surface area contributed by atoms with Crippen molar-refractivity contribution < 1.29 is 19.3 Å². The van der Waals surface area contributed by atoms with E-state index in [0.29, 0.717) is 0 Å². The summed E-state index contributed by atoms with van der Waals surface area (Å²) in [5.41, 5.74) is 3.31. The number of hydrogen-bond acceptors (Lipinski definition) is 5. The lowest BCUT2D eigenvalue weighted by Gasteiger charge is -2.35. The molecule has 0 radical (unpaired) electrons. The summed E-state index contributed by atoms with van der Waals surface area (Å²) in [5, 5.41) is 4.11. The smallest absolute Gasteiger partial charge is 0.331 e. The van der Waals surface area contributed by atoms with Crippen LogP contribution in [-0.2, 0) is 9.59 Å². The zero-order chi connectivity index (χ0) is 16.3. The number of carbonyl (C=O) groups excluding carboxylic acids is 3. The lowest BCUT2D eigenvalue weighted by atomic mass is 10.0. The Morgan fingerprint density at radius 2 is 2.05 bits per heavy atom. The number of rotatable bonds is 5. The average Bonchev–Trinajstić information content (AvgIpc) is 2.45. The second kappa shape index (κ2) is 6.71. The minimum Gasteiger partial charge on any atom is -0.335 e. The third-order valence-electron chi connectivity index (χ3n) is 3.83. The predicted octanol–water partition coefficient (Wildman–Crippen LogP) is -2.28. The Kier molecular flexibility index (Phi) is 4.94. The largest absolute Gasteiger partial charge is 0.335 e. The van der Waals surface area contributed by atoms with Crippen LogP contribution < -0.4 is 15.6 Å². The second-order valence-corrected chi connectivity index (χ2v) is 5.55. The normalized spacial score (nSPS) is 24.1. The number of likely N-dealkylation sites (N-methyl/N-ethyl adjacent to an activating group) is 1. The van der Waals surface area contributed by atoms with Crippen LogP contribution in [0.1, 0.15) is 0 Å².